The minimum atomic E-state index is -3.89. The molecule has 1 aromatic carbocycles. The molecule has 5 nitrogen and oxygen atoms in total. The molecule has 0 aromatic heterocycles. The number of benzene rings is 1. The number of hydrogen-bond acceptors (Lipinski definition) is 3. The summed E-state index contributed by atoms with van der Waals surface area (Å²) < 4.78 is 39.7. The van der Waals surface area contributed by atoms with Crippen LogP contribution in [0.4, 0.5) is 10.1 Å². The molecule has 8 heteroatoms. The number of nitrogens with zero attached hydrogens (tertiary/aromatic N) is 1. The number of anilines is 1. The normalized spacial score (nSPS) is 23.1. The van der Waals surface area contributed by atoms with Gasteiger partial charge in [0.25, 0.3) is 10.0 Å². The van der Waals surface area contributed by atoms with Crippen LogP contribution in [-0.2, 0) is 10.0 Å². The van der Waals surface area contributed by atoms with Crippen LogP contribution in [0.1, 0.15) is 12.8 Å². The fourth-order valence-electron chi connectivity index (χ4n) is 1.86. The molecular weight excluding hydrogens is 305 g/mol. The van der Waals surface area contributed by atoms with Gasteiger partial charge in [0.2, 0.25) is 5.96 Å². The molecule has 0 spiro atoms. The van der Waals surface area contributed by atoms with Crippen LogP contribution in [0.15, 0.2) is 22.0 Å². The van der Waals surface area contributed by atoms with Gasteiger partial charge in [0.05, 0.1) is 10.7 Å². The van der Waals surface area contributed by atoms with E-state index in [0.717, 1.165) is 6.07 Å². The molecule has 1 saturated carbocycles. The van der Waals surface area contributed by atoms with E-state index in [1.807, 2.05) is 0 Å². The molecule has 3 rings (SSSR count). The Morgan fingerprint density at radius 1 is 1.45 bits per heavy atom. The van der Waals surface area contributed by atoms with E-state index >= 15 is 0 Å². The highest BCUT2D eigenvalue weighted by Crippen LogP contribution is 2.39. The molecule has 1 fully saturated rings. The highest BCUT2D eigenvalue weighted by molar-refractivity contribution is 7.90. The summed E-state index contributed by atoms with van der Waals surface area (Å²) in [5.74, 6) is 1.74. The van der Waals surface area contributed by atoms with Gasteiger partial charge in [-0.05, 0) is 25.0 Å². The van der Waals surface area contributed by atoms with Crippen molar-refractivity contribution in [3.8, 4) is 12.3 Å². The first-order valence-electron chi connectivity index (χ1n) is 5.72. The van der Waals surface area contributed by atoms with Crippen molar-refractivity contribution in [3.05, 3.63) is 23.0 Å². The second kappa shape index (κ2) is 4.11. The second-order valence-corrected chi connectivity index (χ2v) is 6.69. The monoisotopic (exact) mass is 313 g/mol. The Hall–Kier alpha value is -1.78. The van der Waals surface area contributed by atoms with Gasteiger partial charge in [0.1, 0.15) is 16.3 Å². The highest BCUT2D eigenvalue weighted by Gasteiger charge is 2.42. The number of fused-ring (bicyclic) bond motifs is 1. The molecule has 0 saturated heterocycles. The SMILES string of the molecule is C#CC1(N=C2Nc3cc(Cl)c(F)cc3S(=O)(=O)N2)CC1. The van der Waals surface area contributed by atoms with Crippen LogP contribution in [0.3, 0.4) is 0 Å². The van der Waals surface area contributed by atoms with Crippen molar-refractivity contribution in [3.63, 3.8) is 0 Å². The summed E-state index contributed by atoms with van der Waals surface area (Å²) in [6.45, 7) is 0. The van der Waals surface area contributed by atoms with Crippen LogP contribution < -0.4 is 10.0 Å². The average molecular weight is 314 g/mol. The van der Waals surface area contributed by atoms with Gasteiger partial charge in [-0.25, -0.2) is 22.5 Å². The average Bonchev–Trinajstić information content (AvgIpc) is 3.12. The summed E-state index contributed by atoms with van der Waals surface area (Å²) in [4.78, 5) is 3.97. The van der Waals surface area contributed by atoms with E-state index in [0.29, 0.717) is 12.8 Å². The topological polar surface area (TPSA) is 70.6 Å². The first kappa shape index (κ1) is 13.2. The van der Waals surface area contributed by atoms with Gasteiger partial charge in [-0.3, -0.25) is 0 Å². The summed E-state index contributed by atoms with van der Waals surface area (Å²) in [5, 5.41) is 2.59. The standard InChI is InChI=1S/C12H9ClFN3O2S/c1-2-12(3-4-12)16-11-15-9-5-7(13)8(14)6-10(9)20(18,19)17-11/h1,5-6H,3-4H2,(H2,15,16,17). The predicted molar refractivity (Wildman–Crippen MR) is 73.6 cm³/mol. The van der Waals surface area contributed by atoms with E-state index in [1.165, 1.54) is 6.07 Å². The summed E-state index contributed by atoms with van der Waals surface area (Å²) in [6, 6.07) is 2.06. The van der Waals surface area contributed by atoms with Crippen molar-refractivity contribution >= 4 is 33.3 Å². The van der Waals surface area contributed by atoms with E-state index in [1.54, 1.807) is 0 Å². The van der Waals surface area contributed by atoms with Crippen molar-refractivity contribution in [2.45, 2.75) is 23.3 Å². The molecule has 0 atom stereocenters. The van der Waals surface area contributed by atoms with Gasteiger partial charge < -0.3 is 5.32 Å². The fourth-order valence-corrected chi connectivity index (χ4v) is 3.14. The van der Waals surface area contributed by atoms with E-state index < -0.39 is 21.4 Å². The molecule has 0 bridgehead atoms. The quantitative estimate of drug-likeness (QED) is 0.775. The number of rotatable bonds is 1. The number of hydrogen-bond donors (Lipinski definition) is 2. The number of nitrogens with one attached hydrogen (secondary N) is 2. The third-order valence-electron chi connectivity index (χ3n) is 3.11. The number of halogens is 2. The molecule has 104 valence electrons. The molecule has 2 N–H and O–H groups in total. The first-order chi connectivity index (χ1) is 9.35. The number of sulfonamides is 1. The Balaban J connectivity index is 2.08. The van der Waals surface area contributed by atoms with Crippen molar-refractivity contribution in [2.24, 2.45) is 4.99 Å². The highest BCUT2D eigenvalue weighted by atomic mass is 35.5. The lowest BCUT2D eigenvalue weighted by atomic mass is 10.3. The maximum Gasteiger partial charge on any atom is 0.266 e. The molecule has 0 amide bonds. The Morgan fingerprint density at radius 3 is 2.75 bits per heavy atom. The van der Waals surface area contributed by atoms with Gasteiger partial charge in [-0.2, -0.15) is 0 Å². The van der Waals surface area contributed by atoms with Gasteiger partial charge in [0, 0.05) is 0 Å². The van der Waals surface area contributed by atoms with Crippen LogP contribution in [0, 0.1) is 18.2 Å². The van der Waals surface area contributed by atoms with Crippen LogP contribution in [0.5, 0.6) is 0 Å². The minimum absolute atomic E-state index is 0.0237. The lowest BCUT2D eigenvalue weighted by molar-refractivity contribution is 0.586. The first-order valence-corrected chi connectivity index (χ1v) is 7.58. The molecule has 1 heterocycles. The molecule has 1 aliphatic heterocycles. The van der Waals surface area contributed by atoms with Gasteiger partial charge in [-0.15, -0.1) is 6.42 Å². The van der Waals surface area contributed by atoms with Crippen molar-refractivity contribution in [2.75, 3.05) is 5.32 Å². The predicted octanol–water partition coefficient (Wildman–Crippen LogP) is 1.70. The zero-order valence-electron chi connectivity index (χ0n) is 10.1. The maximum atomic E-state index is 13.4. The van der Waals surface area contributed by atoms with Crippen molar-refractivity contribution in [1.29, 1.82) is 0 Å². The third-order valence-corrected chi connectivity index (χ3v) is 4.78. The Labute approximate surface area is 120 Å². The number of aliphatic imine (C=N–C) groups is 1. The lowest BCUT2D eigenvalue weighted by Crippen LogP contribution is -2.41. The van der Waals surface area contributed by atoms with Gasteiger partial charge in [-0.1, -0.05) is 17.5 Å². The van der Waals surface area contributed by atoms with E-state index in [-0.39, 0.29) is 21.6 Å². The zero-order valence-corrected chi connectivity index (χ0v) is 11.6. The fraction of sp³-hybridized carbons (Fsp3) is 0.250. The molecule has 20 heavy (non-hydrogen) atoms. The van der Waals surface area contributed by atoms with Crippen molar-refractivity contribution in [1.82, 2.24) is 4.72 Å². The van der Waals surface area contributed by atoms with Crippen molar-refractivity contribution < 1.29 is 12.8 Å². The molecule has 2 aliphatic rings. The van der Waals surface area contributed by atoms with Crippen LogP contribution in [-0.4, -0.2) is 19.9 Å². The Bertz CT molecular complexity index is 779. The summed E-state index contributed by atoms with van der Waals surface area (Å²) in [6.07, 6.45) is 6.76. The molecular formula is C12H9ClFN3O2S. The molecule has 0 radical (unpaired) electrons. The molecule has 0 unspecified atom stereocenters. The summed E-state index contributed by atoms with van der Waals surface area (Å²) >= 11 is 5.66. The van der Waals surface area contributed by atoms with E-state index in [9.17, 15) is 12.8 Å². The Morgan fingerprint density at radius 2 is 2.15 bits per heavy atom. The van der Waals surface area contributed by atoms with Crippen LogP contribution >= 0.6 is 11.6 Å². The summed E-state index contributed by atoms with van der Waals surface area (Å²) in [5.41, 5.74) is -0.478. The maximum absolute atomic E-state index is 13.4. The zero-order chi connectivity index (χ0) is 14.5. The largest absolute Gasteiger partial charge is 0.324 e. The van der Waals surface area contributed by atoms with E-state index in [4.69, 9.17) is 18.0 Å². The second-order valence-electron chi connectivity index (χ2n) is 4.63. The van der Waals surface area contributed by atoms with Gasteiger partial charge in [0.15, 0.2) is 0 Å². The smallest absolute Gasteiger partial charge is 0.266 e. The molecule has 1 aromatic rings. The summed E-state index contributed by atoms with van der Waals surface area (Å²) in [7, 11) is -3.89. The number of terminal acetylenes is 1. The van der Waals surface area contributed by atoms with Gasteiger partial charge >= 0.3 is 0 Å². The third kappa shape index (κ3) is 2.11. The van der Waals surface area contributed by atoms with Crippen LogP contribution in [0.2, 0.25) is 5.02 Å². The van der Waals surface area contributed by atoms with Crippen LogP contribution in [0.25, 0.3) is 0 Å². The lowest BCUT2D eigenvalue weighted by Gasteiger charge is -2.22. The molecule has 1 aliphatic carbocycles. The Kier molecular flexibility index (Phi) is 2.71. The number of guanidine groups is 1. The minimum Gasteiger partial charge on any atom is -0.324 e. The van der Waals surface area contributed by atoms with E-state index in [2.05, 4.69) is 21.0 Å².